The summed E-state index contributed by atoms with van der Waals surface area (Å²) in [4.78, 5) is 26.3. The molecule has 5 nitrogen and oxygen atoms in total. The van der Waals surface area contributed by atoms with Crippen LogP contribution in [0.4, 0.5) is 0 Å². The van der Waals surface area contributed by atoms with E-state index in [9.17, 15) is 14.7 Å². The van der Waals surface area contributed by atoms with Crippen LogP contribution in [0.15, 0.2) is 0 Å². The number of carbonyl (C=O) groups is 2. The molecule has 0 radical (unpaired) electrons. The third kappa shape index (κ3) is 2.03. The Kier molecular flexibility index (Phi) is 3.48. The summed E-state index contributed by atoms with van der Waals surface area (Å²) < 4.78 is 5.71. The molecule has 0 spiro atoms. The number of amides is 1. The number of rotatable bonds is 2. The average Bonchev–Trinajstić information content (AvgIpc) is 2.98. The summed E-state index contributed by atoms with van der Waals surface area (Å²) in [6.45, 7) is 4.13. The first-order chi connectivity index (χ1) is 9.50. The Morgan fingerprint density at radius 3 is 2.10 bits per heavy atom. The molecule has 3 heterocycles. The Balaban J connectivity index is 1.83. The van der Waals surface area contributed by atoms with Gasteiger partial charge in [0.15, 0.2) is 0 Å². The fraction of sp³-hybridized carbons (Fsp3) is 0.867. The summed E-state index contributed by atoms with van der Waals surface area (Å²) in [5, 5.41) is 9.43. The number of hydrogen-bond acceptors (Lipinski definition) is 3. The fourth-order valence-electron chi connectivity index (χ4n) is 4.33. The molecule has 20 heavy (non-hydrogen) atoms. The van der Waals surface area contributed by atoms with Gasteiger partial charge in [-0.15, -0.1) is 0 Å². The molecule has 0 aromatic carbocycles. The number of hydrogen-bond donors (Lipinski definition) is 1. The lowest BCUT2D eigenvalue weighted by Gasteiger charge is -2.42. The van der Waals surface area contributed by atoms with E-state index in [2.05, 4.69) is 13.8 Å². The van der Waals surface area contributed by atoms with Crippen molar-refractivity contribution < 1.29 is 19.4 Å². The van der Waals surface area contributed by atoms with Gasteiger partial charge in [0.2, 0.25) is 5.91 Å². The minimum atomic E-state index is -0.882. The van der Waals surface area contributed by atoms with Crippen LogP contribution in [0.25, 0.3) is 0 Å². The molecule has 3 aliphatic rings. The number of carboxylic acid groups (broad SMARTS) is 1. The number of piperidine rings is 1. The van der Waals surface area contributed by atoms with E-state index in [0.29, 0.717) is 0 Å². The van der Waals surface area contributed by atoms with Crippen molar-refractivity contribution in [1.82, 2.24) is 4.90 Å². The maximum absolute atomic E-state index is 12.9. The Morgan fingerprint density at radius 1 is 1.00 bits per heavy atom. The smallest absolute Gasteiger partial charge is 0.310 e. The van der Waals surface area contributed by atoms with Gasteiger partial charge < -0.3 is 14.7 Å². The summed E-state index contributed by atoms with van der Waals surface area (Å²) in [6, 6.07) is 0.416. The minimum Gasteiger partial charge on any atom is -0.481 e. The second-order valence-corrected chi connectivity index (χ2v) is 6.55. The first kappa shape index (κ1) is 13.9. The number of nitrogens with zero attached hydrogens (tertiary/aromatic N) is 1. The fourth-order valence-corrected chi connectivity index (χ4v) is 4.33. The monoisotopic (exact) mass is 281 g/mol. The molecule has 2 bridgehead atoms. The summed E-state index contributed by atoms with van der Waals surface area (Å²) in [6.07, 6.45) is 4.31. The third-order valence-electron chi connectivity index (χ3n) is 5.29. The van der Waals surface area contributed by atoms with Gasteiger partial charge in [-0.25, -0.2) is 0 Å². The van der Waals surface area contributed by atoms with Crippen molar-refractivity contribution in [2.45, 2.75) is 70.2 Å². The third-order valence-corrected chi connectivity index (χ3v) is 5.29. The van der Waals surface area contributed by atoms with Crippen LogP contribution >= 0.6 is 0 Å². The van der Waals surface area contributed by atoms with Gasteiger partial charge in [0.25, 0.3) is 0 Å². The highest BCUT2D eigenvalue weighted by Gasteiger charge is 2.57. The van der Waals surface area contributed by atoms with E-state index in [1.54, 1.807) is 0 Å². The van der Waals surface area contributed by atoms with Crippen molar-refractivity contribution in [1.29, 1.82) is 0 Å². The van der Waals surface area contributed by atoms with Crippen molar-refractivity contribution >= 4 is 11.9 Å². The van der Waals surface area contributed by atoms with Gasteiger partial charge in [-0.3, -0.25) is 9.59 Å². The molecule has 3 fully saturated rings. The number of fused-ring (bicyclic) bond motifs is 2. The van der Waals surface area contributed by atoms with Crippen LogP contribution in [0.2, 0.25) is 0 Å². The van der Waals surface area contributed by atoms with Crippen LogP contribution in [-0.4, -0.2) is 46.2 Å². The molecule has 1 N–H and O–H groups in total. The van der Waals surface area contributed by atoms with E-state index in [0.717, 1.165) is 32.1 Å². The molecule has 0 aromatic heterocycles. The Labute approximate surface area is 119 Å². The number of aliphatic carboxylic acids is 1. The first-order valence-electron chi connectivity index (χ1n) is 7.71. The van der Waals surface area contributed by atoms with Gasteiger partial charge >= 0.3 is 5.97 Å². The number of carbonyl (C=O) groups excluding carboxylic acids is 1. The van der Waals surface area contributed by atoms with Gasteiger partial charge in [0.1, 0.15) is 0 Å². The molecule has 112 valence electrons. The molecular formula is C15H23NO4. The summed E-state index contributed by atoms with van der Waals surface area (Å²) >= 11 is 0. The highest BCUT2D eigenvalue weighted by atomic mass is 16.5. The van der Waals surface area contributed by atoms with Crippen LogP contribution < -0.4 is 0 Å². The second kappa shape index (κ2) is 5.02. The minimum absolute atomic E-state index is 0.00398. The van der Waals surface area contributed by atoms with E-state index in [-0.39, 0.29) is 30.2 Å². The maximum Gasteiger partial charge on any atom is 0.310 e. The van der Waals surface area contributed by atoms with Crippen molar-refractivity contribution in [2.75, 3.05) is 0 Å². The quantitative estimate of drug-likeness (QED) is 0.836. The number of carboxylic acids is 1. The molecule has 0 saturated carbocycles. The van der Waals surface area contributed by atoms with Crippen LogP contribution in [0.1, 0.15) is 46.0 Å². The summed E-state index contributed by atoms with van der Waals surface area (Å²) in [5.41, 5.74) is 0. The zero-order valence-corrected chi connectivity index (χ0v) is 12.1. The first-order valence-corrected chi connectivity index (χ1v) is 7.71. The van der Waals surface area contributed by atoms with Crippen molar-refractivity contribution in [2.24, 2.45) is 11.8 Å². The number of likely N-dealkylation sites (tertiary alicyclic amines) is 1. The molecule has 1 amide bonds. The molecule has 0 aromatic rings. The van der Waals surface area contributed by atoms with Crippen molar-refractivity contribution in [3.63, 3.8) is 0 Å². The van der Waals surface area contributed by atoms with Gasteiger partial charge in [0, 0.05) is 12.1 Å². The molecule has 6 atom stereocenters. The van der Waals surface area contributed by atoms with Crippen LogP contribution in [0.3, 0.4) is 0 Å². The molecule has 0 unspecified atom stereocenters. The summed E-state index contributed by atoms with van der Waals surface area (Å²) in [7, 11) is 0. The van der Waals surface area contributed by atoms with Crippen LogP contribution in [-0.2, 0) is 14.3 Å². The highest BCUT2D eigenvalue weighted by Crippen LogP contribution is 2.45. The van der Waals surface area contributed by atoms with E-state index in [1.807, 2.05) is 4.90 Å². The zero-order chi connectivity index (χ0) is 14.4. The standard InChI is InChI=1S/C15H23NO4/c1-8-4-3-5-9(2)16(8)14(17)12-10-6-7-11(20-10)13(12)15(18)19/h8-13H,3-7H2,1-2H3,(H,18,19)/t8-,9-,10-,11-,12+,13-/m0/s1. The van der Waals surface area contributed by atoms with Gasteiger partial charge in [0.05, 0.1) is 24.0 Å². The largest absolute Gasteiger partial charge is 0.481 e. The van der Waals surface area contributed by atoms with E-state index >= 15 is 0 Å². The Hall–Kier alpha value is -1.10. The lowest BCUT2D eigenvalue weighted by atomic mass is 9.77. The Morgan fingerprint density at radius 2 is 1.55 bits per heavy atom. The van der Waals surface area contributed by atoms with Crippen LogP contribution in [0, 0.1) is 11.8 Å². The second-order valence-electron chi connectivity index (χ2n) is 6.55. The highest BCUT2D eigenvalue weighted by molar-refractivity contribution is 5.87. The normalized spacial score (nSPS) is 43.8. The number of ether oxygens (including phenoxy) is 1. The van der Waals surface area contributed by atoms with Gasteiger partial charge in [-0.2, -0.15) is 0 Å². The Bertz CT molecular complexity index is 414. The molecular weight excluding hydrogens is 258 g/mol. The molecule has 0 aliphatic carbocycles. The zero-order valence-electron chi connectivity index (χ0n) is 12.1. The topological polar surface area (TPSA) is 66.8 Å². The van der Waals surface area contributed by atoms with E-state index in [1.165, 1.54) is 0 Å². The SMILES string of the molecule is C[C@H]1CCC[C@H](C)N1C(=O)[C@H]1[C@@H](C(=O)O)[C@@H]2CC[C@@H]1O2. The maximum atomic E-state index is 12.9. The molecule has 3 aliphatic heterocycles. The predicted octanol–water partition coefficient (Wildman–Crippen LogP) is 1.65. The van der Waals surface area contributed by atoms with Crippen LogP contribution in [0.5, 0.6) is 0 Å². The van der Waals surface area contributed by atoms with Crippen molar-refractivity contribution in [3.05, 3.63) is 0 Å². The van der Waals surface area contributed by atoms with E-state index in [4.69, 9.17) is 4.74 Å². The van der Waals surface area contributed by atoms with Gasteiger partial charge in [-0.05, 0) is 46.0 Å². The lowest BCUT2D eigenvalue weighted by molar-refractivity contribution is -0.153. The lowest BCUT2D eigenvalue weighted by Crippen LogP contribution is -2.53. The van der Waals surface area contributed by atoms with E-state index < -0.39 is 17.8 Å². The van der Waals surface area contributed by atoms with Gasteiger partial charge in [-0.1, -0.05) is 0 Å². The molecule has 3 saturated heterocycles. The molecule has 5 heteroatoms. The predicted molar refractivity (Wildman–Crippen MR) is 72.1 cm³/mol. The average molecular weight is 281 g/mol. The summed E-state index contributed by atoms with van der Waals surface area (Å²) in [5.74, 6) is -2.01. The molecule has 3 rings (SSSR count). The van der Waals surface area contributed by atoms with Crippen molar-refractivity contribution in [3.8, 4) is 0 Å².